The van der Waals surface area contributed by atoms with Crippen LogP contribution in [-0.4, -0.2) is 30.6 Å². The number of rotatable bonds is 8. The highest BCUT2D eigenvalue weighted by atomic mass is 32.2. The van der Waals surface area contributed by atoms with Crippen LogP contribution in [-0.2, 0) is 23.1 Å². The molecule has 0 saturated carbocycles. The molecule has 35 heavy (non-hydrogen) atoms. The Labute approximate surface area is 201 Å². The SMILES string of the molecule is COc1ccc2[nH]c(=O)c(CN(Cc3ccc(F)cc3)S(=O)(=O)c3ccc(C(C)=O)cc3)cc2c1. The van der Waals surface area contributed by atoms with Gasteiger partial charge in [0.15, 0.2) is 5.78 Å². The molecule has 9 heteroatoms. The summed E-state index contributed by atoms with van der Waals surface area (Å²) < 4.78 is 47.0. The van der Waals surface area contributed by atoms with Gasteiger partial charge in [-0.3, -0.25) is 9.59 Å². The van der Waals surface area contributed by atoms with Gasteiger partial charge >= 0.3 is 0 Å². The zero-order chi connectivity index (χ0) is 25.2. The second-order valence-corrected chi connectivity index (χ2v) is 9.99. The minimum absolute atomic E-state index is 0.0245. The Bertz CT molecular complexity index is 1550. The van der Waals surface area contributed by atoms with Gasteiger partial charge in [0.2, 0.25) is 10.0 Å². The van der Waals surface area contributed by atoms with Crippen LogP contribution >= 0.6 is 0 Å². The molecule has 180 valence electrons. The van der Waals surface area contributed by atoms with Crippen LogP contribution in [0.5, 0.6) is 5.75 Å². The zero-order valence-electron chi connectivity index (χ0n) is 19.1. The molecular weight excluding hydrogens is 471 g/mol. The number of H-pyrrole nitrogens is 1. The predicted octanol–water partition coefficient (Wildman–Crippen LogP) is 4.27. The molecule has 0 unspecified atom stereocenters. The molecule has 0 aliphatic carbocycles. The summed E-state index contributed by atoms with van der Waals surface area (Å²) in [5.41, 5.74) is 1.33. The van der Waals surface area contributed by atoms with Crippen LogP contribution in [0.25, 0.3) is 10.9 Å². The number of nitrogens with zero attached hydrogens (tertiary/aromatic N) is 1. The van der Waals surface area contributed by atoms with E-state index in [1.807, 2.05) is 0 Å². The van der Waals surface area contributed by atoms with Crippen molar-refractivity contribution in [3.63, 3.8) is 0 Å². The minimum Gasteiger partial charge on any atom is -0.497 e. The molecule has 3 aromatic carbocycles. The van der Waals surface area contributed by atoms with Gasteiger partial charge in [-0.1, -0.05) is 24.3 Å². The Morgan fingerprint density at radius 3 is 2.29 bits per heavy atom. The van der Waals surface area contributed by atoms with Gasteiger partial charge in [0, 0.05) is 35.1 Å². The van der Waals surface area contributed by atoms with Gasteiger partial charge in [0.1, 0.15) is 11.6 Å². The first-order valence-electron chi connectivity index (χ1n) is 10.7. The van der Waals surface area contributed by atoms with Crippen molar-refractivity contribution in [1.29, 1.82) is 0 Å². The van der Waals surface area contributed by atoms with E-state index in [4.69, 9.17) is 4.74 Å². The molecule has 0 radical (unpaired) electrons. The highest BCUT2D eigenvalue weighted by Crippen LogP contribution is 2.23. The Morgan fingerprint density at radius 2 is 1.66 bits per heavy atom. The number of pyridine rings is 1. The van der Waals surface area contributed by atoms with E-state index in [2.05, 4.69) is 4.98 Å². The van der Waals surface area contributed by atoms with Crippen LogP contribution in [0, 0.1) is 5.82 Å². The number of aromatic amines is 1. The van der Waals surface area contributed by atoms with Crippen LogP contribution < -0.4 is 10.3 Å². The van der Waals surface area contributed by atoms with Gasteiger partial charge in [-0.2, -0.15) is 4.31 Å². The number of hydrogen-bond donors (Lipinski definition) is 1. The smallest absolute Gasteiger partial charge is 0.252 e. The second kappa shape index (κ2) is 9.81. The third kappa shape index (κ3) is 5.31. The summed E-state index contributed by atoms with van der Waals surface area (Å²) in [7, 11) is -2.55. The second-order valence-electron chi connectivity index (χ2n) is 8.06. The lowest BCUT2D eigenvalue weighted by Gasteiger charge is -2.22. The van der Waals surface area contributed by atoms with E-state index in [0.717, 1.165) is 4.31 Å². The standard InChI is InChI=1S/C26H23FN2O5S/c1-17(30)19-5-10-24(11-6-19)35(32,33)29(15-18-3-7-22(27)8-4-18)16-21-13-20-14-23(34-2)9-12-25(20)28-26(21)31/h3-14H,15-16H2,1-2H3,(H,28,31). The highest BCUT2D eigenvalue weighted by molar-refractivity contribution is 7.89. The Morgan fingerprint density at radius 1 is 0.971 bits per heavy atom. The van der Waals surface area contributed by atoms with Crippen molar-refractivity contribution in [2.75, 3.05) is 7.11 Å². The van der Waals surface area contributed by atoms with Gasteiger partial charge in [-0.15, -0.1) is 0 Å². The average molecular weight is 495 g/mol. The largest absolute Gasteiger partial charge is 0.497 e. The normalized spacial score (nSPS) is 11.7. The van der Waals surface area contributed by atoms with Crippen molar-refractivity contribution in [3.05, 3.63) is 106 Å². The fourth-order valence-electron chi connectivity index (χ4n) is 3.69. The van der Waals surface area contributed by atoms with E-state index in [1.54, 1.807) is 24.3 Å². The summed E-state index contributed by atoms with van der Waals surface area (Å²) in [5.74, 6) is -0.0324. The van der Waals surface area contributed by atoms with Gasteiger partial charge < -0.3 is 9.72 Å². The van der Waals surface area contributed by atoms with Crippen LogP contribution in [0.1, 0.15) is 28.4 Å². The number of halogens is 1. The maximum atomic E-state index is 13.6. The maximum Gasteiger partial charge on any atom is 0.252 e. The lowest BCUT2D eigenvalue weighted by atomic mass is 10.1. The summed E-state index contributed by atoms with van der Waals surface area (Å²) in [4.78, 5) is 27.2. The molecule has 0 aliphatic heterocycles. The molecule has 7 nitrogen and oxygen atoms in total. The number of benzene rings is 3. The fourth-order valence-corrected chi connectivity index (χ4v) is 5.10. The average Bonchev–Trinajstić information content (AvgIpc) is 2.85. The summed E-state index contributed by atoms with van der Waals surface area (Å²) in [6.07, 6.45) is 0. The zero-order valence-corrected chi connectivity index (χ0v) is 19.9. The lowest BCUT2D eigenvalue weighted by Crippen LogP contribution is -2.32. The Balaban J connectivity index is 1.77. The van der Waals surface area contributed by atoms with E-state index >= 15 is 0 Å². The van der Waals surface area contributed by atoms with Crippen LogP contribution in [0.3, 0.4) is 0 Å². The number of hydrogen-bond acceptors (Lipinski definition) is 5. The third-order valence-electron chi connectivity index (χ3n) is 5.65. The fraction of sp³-hybridized carbons (Fsp3) is 0.154. The van der Waals surface area contributed by atoms with Crippen molar-refractivity contribution in [2.24, 2.45) is 0 Å². The van der Waals surface area contributed by atoms with Gasteiger partial charge in [0.25, 0.3) is 5.56 Å². The molecule has 1 aromatic heterocycles. The molecule has 4 rings (SSSR count). The summed E-state index contributed by atoms with van der Waals surface area (Å²) in [6.45, 7) is 1.08. The van der Waals surface area contributed by atoms with Crippen LogP contribution in [0.2, 0.25) is 0 Å². The summed E-state index contributed by atoms with van der Waals surface area (Å²) in [5, 5.41) is 0.684. The molecule has 0 fully saturated rings. The minimum atomic E-state index is -4.08. The number of Topliss-reactive ketones (excluding diaryl/α,β-unsaturated/α-hetero) is 1. The Kier molecular flexibility index (Phi) is 6.81. The maximum absolute atomic E-state index is 13.6. The molecule has 1 heterocycles. The van der Waals surface area contributed by atoms with Gasteiger partial charge in [0.05, 0.1) is 12.0 Å². The number of aromatic nitrogens is 1. The van der Waals surface area contributed by atoms with Gasteiger partial charge in [-0.25, -0.2) is 12.8 Å². The number of carbonyl (C=O) groups is 1. The molecule has 1 N–H and O–H groups in total. The van der Waals surface area contributed by atoms with Crippen molar-refractivity contribution < 1.29 is 22.3 Å². The number of fused-ring (bicyclic) bond motifs is 1. The number of methoxy groups -OCH3 is 1. The van der Waals surface area contributed by atoms with Crippen LogP contribution in [0.4, 0.5) is 4.39 Å². The molecule has 0 bridgehead atoms. The number of carbonyl (C=O) groups excluding carboxylic acids is 1. The molecule has 0 aliphatic rings. The monoisotopic (exact) mass is 494 g/mol. The van der Waals surface area contributed by atoms with Crippen molar-refractivity contribution >= 4 is 26.7 Å². The third-order valence-corrected chi connectivity index (χ3v) is 7.45. The first kappa shape index (κ1) is 24.3. The first-order valence-corrected chi connectivity index (χ1v) is 12.2. The highest BCUT2D eigenvalue weighted by Gasteiger charge is 2.26. The molecular formula is C26H23FN2O5S. The number of ketones is 1. The van der Waals surface area contributed by atoms with E-state index in [0.29, 0.717) is 27.8 Å². The van der Waals surface area contributed by atoms with Crippen molar-refractivity contribution in [1.82, 2.24) is 9.29 Å². The van der Waals surface area contributed by atoms with E-state index < -0.39 is 21.4 Å². The predicted molar refractivity (Wildman–Crippen MR) is 130 cm³/mol. The first-order chi connectivity index (χ1) is 16.7. The number of nitrogens with one attached hydrogen (secondary N) is 1. The molecule has 0 spiro atoms. The number of sulfonamides is 1. The van der Waals surface area contributed by atoms with Crippen LogP contribution in [0.15, 0.2) is 82.5 Å². The van der Waals surface area contributed by atoms with Crippen molar-refractivity contribution in [3.8, 4) is 5.75 Å². The molecule has 4 aromatic rings. The summed E-state index contributed by atoms with van der Waals surface area (Å²) in [6, 6.07) is 17.9. The van der Waals surface area contributed by atoms with E-state index in [9.17, 15) is 22.4 Å². The van der Waals surface area contributed by atoms with Gasteiger partial charge in [-0.05, 0) is 61.0 Å². The van der Waals surface area contributed by atoms with E-state index in [1.165, 1.54) is 62.6 Å². The summed E-state index contributed by atoms with van der Waals surface area (Å²) >= 11 is 0. The molecule has 0 saturated heterocycles. The quantitative estimate of drug-likeness (QED) is 0.369. The van der Waals surface area contributed by atoms with Crippen molar-refractivity contribution in [2.45, 2.75) is 24.9 Å². The van der Waals surface area contributed by atoms with E-state index in [-0.39, 0.29) is 29.3 Å². The number of ether oxygens (including phenoxy) is 1. The molecule has 0 atom stereocenters. The topological polar surface area (TPSA) is 96.5 Å². The molecule has 0 amide bonds. The Hall–Kier alpha value is -3.82. The lowest BCUT2D eigenvalue weighted by molar-refractivity contribution is 0.101.